The standard InChI is InChI=1S/C21H28ClN3O4/c1-13(2)19(21(27)24-10-9-14-5-3-4-6-16(14)12-24)23-20(26)15-7-8-17(22)18(11-15)25(28)29/h7-8,11,13-14,16,19H,3-6,9-10,12H2,1-2H3,(H,23,26)/t14-,16-,19+/m1/s1. The van der Waals surface area contributed by atoms with Crippen LogP contribution in [0, 0.1) is 27.9 Å². The molecule has 0 unspecified atom stereocenters. The van der Waals surface area contributed by atoms with E-state index in [4.69, 9.17) is 11.6 Å². The highest BCUT2D eigenvalue weighted by Gasteiger charge is 2.36. The van der Waals surface area contributed by atoms with Crippen molar-refractivity contribution in [3.63, 3.8) is 0 Å². The largest absolute Gasteiger partial charge is 0.341 e. The SMILES string of the molecule is CC(C)[C@H](NC(=O)c1ccc(Cl)c([N+](=O)[O-])c1)C(=O)N1CC[C@H]2CCCC[C@@H]2C1. The van der Waals surface area contributed by atoms with Gasteiger partial charge in [-0.3, -0.25) is 19.7 Å². The van der Waals surface area contributed by atoms with Crippen molar-refractivity contribution in [3.8, 4) is 0 Å². The third kappa shape index (κ3) is 4.89. The molecule has 3 rings (SSSR count). The zero-order valence-corrected chi connectivity index (χ0v) is 17.7. The van der Waals surface area contributed by atoms with Gasteiger partial charge in [-0.05, 0) is 42.7 Å². The topological polar surface area (TPSA) is 92.5 Å². The summed E-state index contributed by atoms with van der Waals surface area (Å²) in [5, 5.41) is 13.8. The van der Waals surface area contributed by atoms with Gasteiger partial charge in [0.1, 0.15) is 11.1 Å². The second kappa shape index (κ2) is 9.11. The Hall–Kier alpha value is -2.15. The van der Waals surface area contributed by atoms with Gasteiger partial charge < -0.3 is 10.2 Å². The van der Waals surface area contributed by atoms with Crippen LogP contribution in [0.5, 0.6) is 0 Å². The number of likely N-dealkylation sites (tertiary alicyclic amines) is 1. The molecule has 0 radical (unpaired) electrons. The summed E-state index contributed by atoms with van der Waals surface area (Å²) in [6, 6.07) is 3.24. The van der Waals surface area contributed by atoms with Crippen LogP contribution in [0.3, 0.4) is 0 Å². The Balaban J connectivity index is 1.71. The number of halogens is 1. The van der Waals surface area contributed by atoms with Crippen LogP contribution in [0.2, 0.25) is 5.02 Å². The number of piperidine rings is 1. The molecule has 1 heterocycles. The highest BCUT2D eigenvalue weighted by Crippen LogP contribution is 2.36. The van der Waals surface area contributed by atoms with Crippen molar-refractivity contribution in [1.82, 2.24) is 10.2 Å². The van der Waals surface area contributed by atoms with Crippen LogP contribution in [0.25, 0.3) is 0 Å². The lowest BCUT2D eigenvalue weighted by Gasteiger charge is -2.42. The molecule has 7 nitrogen and oxygen atoms in total. The number of nitro groups is 1. The van der Waals surface area contributed by atoms with Gasteiger partial charge in [-0.15, -0.1) is 0 Å². The van der Waals surface area contributed by atoms with Crippen molar-refractivity contribution < 1.29 is 14.5 Å². The Bertz CT molecular complexity index is 798. The molecule has 158 valence electrons. The first-order valence-electron chi connectivity index (χ1n) is 10.3. The Kier molecular flexibility index (Phi) is 6.77. The number of nitro benzene ring substituents is 1. The molecule has 1 N–H and O–H groups in total. The lowest BCUT2D eigenvalue weighted by atomic mass is 9.75. The number of carbonyl (C=O) groups is 2. The minimum Gasteiger partial charge on any atom is -0.341 e. The number of benzene rings is 1. The zero-order valence-electron chi connectivity index (χ0n) is 16.9. The summed E-state index contributed by atoms with van der Waals surface area (Å²) in [6.45, 7) is 5.27. The van der Waals surface area contributed by atoms with Crippen molar-refractivity contribution >= 4 is 29.1 Å². The van der Waals surface area contributed by atoms with Crippen LogP contribution < -0.4 is 5.32 Å². The van der Waals surface area contributed by atoms with Gasteiger partial charge in [0.05, 0.1) is 4.92 Å². The van der Waals surface area contributed by atoms with E-state index in [0.29, 0.717) is 5.92 Å². The second-order valence-corrected chi connectivity index (χ2v) is 8.90. The van der Waals surface area contributed by atoms with Crippen molar-refractivity contribution in [2.75, 3.05) is 13.1 Å². The molecular weight excluding hydrogens is 394 g/mol. The van der Waals surface area contributed by atoms with Crippen LogP contribution in [0.1, 0.15) is 56.3 Å². The molecule has 2 amide bonds. The highest BCUT2D eigenvalue weighted by molar-refractivity contribution is 6.32. The molecule has 0 spiro atoms. The van der Waals surface area contributed by atoms with E-state index < -0.39 is 16.9 Å². The van der Waals surface area contributed by atoms with E-state index in [1.807, 2.05) is 18.7 Å². The summed E-state index contributed by atoms with van der Waals surface area (Å²) < 4.78 is 0. The van der Waals surface area contributed by atoms with Gasteiger partial charge in [-0.1, -0.05) is 44.7 Å². The van der Waals surface area contributed by atoms with Gasteiger partial charge in [0, 0.05) is 24.7 Å². The molecule has 3 atom stereocenters. The van der Waals surface area contributed by atoms with Gasteiger partial charge in [0.2, 0.25) is 5.91 Å². The first-order chi connectivity index (χ1) is 13.8. The van der Waals surface area contributed by atoms with Gasteiger partial charge in [0.15, 0.2) is 0 Å². The Morgan fingerprint density at radius 1 is 1.21 bits per heavy atom. The van der Waals surface area contributed by atoms with Gasteiger partial charge >= 0.3 is 0 Å². The average Bonchev–Trinajstić information content (AvgIpc) is 2.70. The molecule has 1 aromatic rings. The highest BCUT2D eigenvalue weighted by atomic mass is 35.5. The quantitative estimate of drug-likeness (QED) is 0.573. The van der Waals surface area contributed by atoms with E-state index in [2.05, 4.69) is 5.32 Å². The van der Waals surface area contributed by atoms with E-state index >= 15 is 0 Å². The van der Waals surface area contributed by atoms with Crippen LogP contribution >= 0.6 is 11.6 Å². The summed E-state index contributed by atoms with van der Waals surface area (Å²) in [5.41, 5.74) is -0.211. The molecule has 1 saturated heterocycles. The van der Waals surface area contributed by atoms with Crippen LogP contribution in [0.15, 0.2) is 18.2 Å². The third-order valence-electron chi connectivity index (χ3n) is 6.23. The molecule has 2 fully saturated rings. The minimum absolute atomic E-state index is 0.0293. The van der Waals surface area contributed by atoms with Crippen LogP contribution in [0.4, 0.5) is 5.69 Å². The van der Waals surface area contributed by atoms with Crippen molar-refractivity contribution in [3.05, 3.63) is 38.9 Å². The van der Waals surface area contributed by atoms with Crippen LogP contribution in [-0.4, -0.2) is 40.8 Å². The predicted octanol–water partition coefficient (Wildman–Crippen LogP) is 4.04. The molecule has 29 heavy (non-hydrogen) atoms. The minimum atomic E-state index is -0.669. The van der Waals surface area contributed by atoms with E-state index in [0.717, 1.165) is 31.5 Å². The maximum absolute atomic E-state index is 13.2. The second-order valence-electron chi connectivity index (χ2n) is 8.50. The zero-order chi connectivity index (χ0) is 21.1. The number of carbonyl (C=O) groups excluding carboxylic acids is 2. The fourth-order valence-electron chi connectivity index (χ4n) is 4.53. The van der Waals surface area contributed by atoms with E-state index in [1.54, 1.807) is 0 Å². The van der Waals surface area contributed by atoms with E-state index in [-0.39, 0.29) is 28.1 Å². The molecule has 1 aliphatic carbocycles. The number of rotatable bonds is 5. The fourth-order valence-corrected chi connectivity index (χ4v) is 4.72. The summed E-state index contributed by atoms with van der Waals surface area (Å²) in [7, 11) is 0. The molecule has 0 bridgehead atoms. The van der Waals surface area contributed by atoms with Crippen molar-refractivity contribution in [2.45, 2.75) is 52.0 Å². The number of fused-ring (bicyclic) bond motifs is 1. The monoisotopic (exact) mass is 421 g/mol. The smallest absolute Gasteiger partial charge is 0.288 e. The maximum atomic E-state index is 13.2. The number of nitrogens with one attached hydrogen (secondary N) is 1. The lowest BCUT2D eigenvalue weighted by Crippen LogP contribution is -2.54. The third-order valence-corrected chi connectivity index (χ3v) is 6.55. The summed E-state index contributed by atoms with van der Waals surface area (Å²) in [5.74, 6) is 0.599. The fraction of sp³-hybridized carbons (Fsp3) is 0.619. The maximum Gasteiger partial charge on any atom is 0.288 e. The van der Waals surface area contributed by atoms with Crippen molar-refractivity contribution in [2.24, 2.45) is 17.8 Å². The number of amides is 2. The Morgan fingerprint density at radius 2 is 1.90 bits per heavy atom. The number of hydrogen-bond acceptors (Lipinski definition) is 4. The number of hydrogen-bond donors (Lipinski definition) is 1. The first-order valence-corrected chi connectivity index (χ1v) is 10.7. The van der Waals surface area contributed by atoms with Gasteiger partial charge in [-0.2, -0.15) is 0 Å². The van der Waals surface area contributed by atoms with Gasteiger partial charge in [0.25, 0.3) is 11.6 Å². The lowest BCUT2D eigenvalue weighted by molar-refractivity contribution is -0.384. The van der Waals surface area contributed by atoms with E-state index in [9.17, 15) is 19.7 Å². The summed E-state index contributed by atoms with van der Waals surface area (Å²) >= 11 is 5.83. The molecule has 2 aliphatic rings. The summed E-state index contributed by atoms with van der Waals surface area (Å²) in [4.78, 5) is 38.3. The van der Waals surface area contributed by atoms with Crippen molar-refractivity contribution in [1.29, 1.82) is 0 Å². The summed E-state index contributed by atoms with van der Waals surface area (Å²) in [6.07, 6.45) is 5.96. The molecule has 1 aliphatic heterocycles. The Labute approximate surface area is 175 Å². The average molecular weight is 422 g/mol. The van der Waals surface area contributed by atoms with Crippen LogP contribution in [-0.2, 0) is 4.79 Å². The predicted molar refractivity (Wildman–Crippen MR) is 111 cm³/mol. The first kappa shape index (κ1) is 21.6. The molecule has 1 aromatic carbocycles. The Morgan fingerprint density at radius 3 is 2.55 bits per heavy atom. The molecule has 1 saturated carbocycles. The van der Waals surface area contributed by atoms with Gasteiger partial charge in [-0.25, -0.2) is 0 Å². The molecule has 0 aromatic heterocycles. The van der Waals surface area contributed by atoms with E-state index in [1.165, 1.54) is 37.8 Å². The normalized spacial score (nSPS) is 22.7. The molecular formula is C21H28ClN3O4. The molecule has 8 heteroatoms. The number of nitrogens with zero attached hydrogens (tertiary/aromatic N) is 2.